The fourth-order valence-corrected chi connectivity index (χ4v) is 4.28. The standard InChI is InChI=1S/C30H40O6/c1-6-30(36-29(32)24-12-16-26(17-13-24)34-20-22(4)5)18-8-7-9-27(30)35-28(31)23-10-14-25(15-11-23)33-19-21(2)3/h10-17,21-22,27H,6-9,18-20H2,1-5H3. The Labute approximate surface area is 215 Å². The highest BCUT2D eigenvalue weighted by Crippen LogP contribution is 2.38. The molecule has 0 aliphatic heterocycles. The molecule has 1 aliphatic carbocycles. The van der Waals surface area contributed by atoms with Gasteiger partial charge in [0.25, 0.3) is 0 Å². The second kappa shape index (κ2) is 12.8. The lowest BCUT2D eigenvalue weighted by Gasteiger charge is -2.42. The van der Waals surface area contributed by atoms with Gasteiger partial charge in [0.05, 0.1) is 24.3 Å². The lowest BCUT2D eigenvalue weighted by molar-refractivity contribution is -0.118. The third-order valence-corrected chi connectivity index (χ3v) is 6.39. The first kappa shape index (κ1) is 27.6. The van der Waals surface area contributed by atoms with Crippen LogP contribution in [0.15, 0.2) is 48.5 Å². The minimum absolute atomic E-state index is 0.415. The number of esters is 2. The van der Waals surface area contributed by atoms with Gasteiger partial charge in [0.2, 0.25) is 0 Å². The third kappa shape index (κ3) is 7.49. The molecule has 2 atom stereocenters. The van der Waals surface area contributed by atoms with Crippen LogP contribution in [-0.2, 0) is 9.47 Å². The van der Waals surface area contributed by atoms with Crippen molar-refractivity contribution in [3.63, 3.8) is 0 Å². The Balaban J connectivity index is 1.67. The summed E-state index contributed by atoms with van der Waals surface area (Å²) >= 11 is 0. The van der Waals surface area contributed by atoms with Crippen LogP contribution >= 0.6 is 0 Å². The molecule has 0 saturated heterocycles. The molecular weight excluding hydrogens is 456 g/mol. The van der Waals surface area contributed by atoms with Gasteiger partial charge in [0.1, 0.15) is 23.2 Å². The average molecular weight is 497 g/mol. The van der Waals surface area contributed by atoms with Crippen LogP contribution in [-0.4, -0.2) is 36.9 Å². The smallest absolute Gasteiger partial charge is 0.338 e. The number of benzene rings is 2. The summed E-state index contributed by atoms with van der Waals surface area (Å²) in [4.78, 5) is 26.1. The van der Waals surface area contributed by atoms with Crippen molar-refractivity contribution in [3.8, 4) is 11.5 Å². The van der Waals surface area contributed by atoms with Gasteiger partial charge < -0.3 is 18.9 Å². The average Bonchev–Trinajstić information content (AvgIpc) is 2.87. The minimum atomic E-state index is -0.849. The summed E-state index contributed by atoms with van der Waals surface area (Å²) in [5.74, 6) is 1.44. The van der Waals surface area contributed by atoms with Crippen molar-refractivity contribution in [3.05, 3.63) is 59.7 Å². The minimum Gasteiger partial charge on any atom is -0.493 e. The van der Waals surface area contributed by atoms with Crippen LogP contribution in [0.1, 0.15) is 87.4 Å². The van der Waals surface area contributed by atoms with Crippen LogP contribution in [0.4, 0.5) is 0 Å². The van der Waals surface area contributed by atoms with E-state index in [9.17, 15) is 9.59 Å². The normalized spacial score (nSPS) is 19.7. The molecule has 0 heterocycles. The van der Waals surface area contributed by atoms with E-state index in [1.807, 2.05) is 6.92 Å². The zero-order chi connectivity index (χ0) is 26.1. The molecule has 1 saturated carbocycles. The Bertz CT molecular complexity index is 980. The van der Waals surface area contributed by atoms with Crippen molar-refractivity contribution in [2.45, 2.75) is 78.4 Å². The van der Waals surface area contributed by atoms with Crippen molar-refractivity contribution in [2.75, 3.05) is 13.2 Å². The summed E-state index contributed by atoms with van der Waals surface area (Å²) in [6, 6.07) is 14.0. The molecule has 196 valence electrons. The number of carbonyl (C=O) groups excluding carboxylic acids is 2. The molecule has 0 N–H and O–H groups in total. The summed E-state index contributed by atoms with van der Waals surface area (Å²) in [6.45, 7) is 11.5. The Morgan fingerprint density at radius 2 is 1.31 bits per heavy atom. The molecule has 2 aromatic rings. The third-order valence-electron chi connectivity index (χ3n) is 6.39. The maximum absolute atomic E-state index is 13.1. The van der Waals surface area contributed by atoms with Gasteiger partial charge in [0, 0.05) is 0 Å². The van der Waals surface area contributed by atoms with E-state index in [0.29, 0.717) is 55.4 Å². The van der Waals surface area contributed by atoms with Gasteiger partial charge in [-0.05, 0) is 92.5 Å². The fourth-order valence-electron chi connectivity index (χ4n) is 4.28. The molecular formula is C30H40O6. The molecule has 2 unspecified atom stereocenters. The van der Waals surface area contributed by atoms with Gasteiger partial charge in [-0.15, -0.1) is 0 Å². The predicted octanol–water partition coefficient (Wildman–Crippen LogP) is 6.86. The Morgan fingerprint density at radius 1 is 0.806 bits per heavy atom. The highest BCUT2D eigenvalue weighted by Gasteiger charge is 2.45. The van der Waals surface area contributed by atoms with E-state index in [2.05, 4.69) is 27.7 Å². The zero-order valence-corrected chi connectivity index (χ0v) is 22.3. The fraction of sp³-hybridized carbons (Fsp3) is 0.533. The second-order valence-electron chi connectivity index (χ2n) is 10.4. The first-order valence-corrected chi connectivity index (χ1v) is 13.1. The lowest BCUT2D eigenvalue weighted by atomic mass is 9.80. The number of rotatable bonds is 11. The van der Waals surface area contributed by atoms with Crippen LogP contribution < -0.4 is 9.47 Å². The molecule has 1 aliphatic rings. The molecule has 2 aromatic carbocycles. The Morgan fingerprint density at radius 3 is 1.78 bits per heavy atom. The van der Waals surface area contributed by atoms with E-state index in [-0.39, 0.29) is 0 Å². The number of carbonyl (C=O) groups is 2. The van der Waals surface area contributed by atoms with Crippen molar-refractivity contribution in [1.82, 2.24) is 0 Å². The molecule has 0 amide bonds. The molecule has 36 heavy (non-hydrogen) atoms. The monoisotopic (exact) mass is 496 g/mol. The van der Waals surface area contributed by atoms with Crippen LogP contribution in [0.2, 0.25) is 0 Å². The molecule has 3 rings (SSSR count). The van der Waals surface area contributed by atoms with E-state index in [1.54, 1.807) is 48.5 Å². The van der Waals surface area contributed by atoms with Gasteiger partial charge in [-0.2, -0.15) is 0 Å². The van der Waals surface area contributed by atoms with Crippen LogP contribution in [0.25, 0.3) is 0 Å². The number of hydrogen-bond acceptors (Lipinski definition) is 6. The summed E-state index contributed by atoms with van der Waals surface area (Å²) in [5, 5.41) is 0. The summed E-state index contributed by atoms with van der Waals surface area (Å²) in [5.41, 5.74) is 0.0520. The lowest BCUT2D eigenvalue weighted by Crippen LogP contribution is -2.50. The van der Waals surface area contributed by atoms with E-state index in [4.69, 9.17) is 18.9 Å². The molecule has 6 nitrogen and oxygen atoms in total. The van der Waals surface area contributed by atoms with Gasteiger partial charge in [0.15, 0.2) is 0 Å². The van der Waals surface area contributed by atoms with Crippen molar-refractivity contribution < 1.29 is 28.5 Å². The largest absolute Gasteiger partial charge is 0.493 e. The van der Waals surface area contributed by atoms with Crippen LogP contribution in [0.5, 0.6) is 11.5 Å². The van der Waals surface area contributed by atoms with Crippen molar-refractivity contribution in [1.29, 1.82) is 0 Å². The second-order valence-corrected chi connectivity index (χ2v) is 10.4. The van der Waals surface area contributed by atoms with Gasteiger partial charge >= 0.3 is 11.9 Å². The van der Waals surface area contributed by atoms with E-state index in [1.165, 1.54) is 0 Å². The van der Waals surface area contributed by atoms with E-state index < -0.39 is 23.6 Å². The van der Waals surface area contributed by atoms with Crippen LogP contribution in [0, 0.1) is 11.8 Å². The zero-order valence-electron chi connectivity index (χ0n) is 22.3. The van der Waals surface area contributed by atoms with Gasteiger partial charge in [-0.25, -0.2) is 9.59 Å². The number of ether oxygens (including phenoxy) is 4. The maximum Gasteiger partial charge on any atom is 0.338 e. The maximum atomic E-state index is 13.1. The summed E-state index contributed by atoms with van der Waals surface area (Å²) in [6.07, 6.45) is 3.21. The van der Waals surface area contributed by atoms with E-state index >= 15 is 0 Å². The van der Waals surface area contributed by atoms with E-state index in [0.717, 1.165) is 24.3 Å². The van der Waals surface area contributed by atoms with Crippen LogP contribution in [0.3, 0.4) is 0 Å². The Kier molecular flexibility index (Phi) is 9.80. The number of hydrogen-bond donors (Lipinski definition) is 0. The molecule has 0 aromatic heterocycles. The van der Waals surface area contributed by atoms with Crippen molar-refractivity contribution >= 4 is 11.9 Å². The van der Waals surface area contributed by atoms with Gasteiger partial charge in [-0.3, -0.25) is 0 Å². The first-order valence-electron chi connectivity index (χ1n) is 13.1. The van der Waals surface area contributed by atoms with Gasteiger partial charge in [-0.1, -0.05) is 34.6 Å². The predicted molar refractivity (Wildman–Crippen MR) is 140 cm³/mol. The molecule has 1 fully saturated rings. The molecule has 6 heteroatoms. The first-order chi connectivity index (χ1) is 17.2. The molecule has 0 bridgehead atoms. The van der Waals surface area contributed by atoms with Crippen molar-refractivity contribution in [2.24, 2.45) is 11.8 Å². The summed E-state index contributed by atoms with van der Waals surface area (Å²) in [7, 11) is 0. The topological polar surface area (TPSA) is 71.1 Å². The Hall–Kier alpha value is -3.02. The quantitative estimate of drug-likeness (QED) is 0.317. The SMILES string of the molecule is CCC1(OC(=O)c2ccc(OCC(C)C)cc2)CCCCC1OC(=O)c1ccc(OCC(C)C)cc1. The summed E-state index contributed by atoms with van der Waals surface area (Å²) < 4.78 is 23.5. The highest BCUT2D eigenvalue weighted by atomic mass is 16.6. The highest BCUT2D eigenvalue weighted by molar-refractivity contribution is 5.90. The molecule has 0 radical (unpaired) electrons. The molecule has 0 spiro atoms.